The van der Waals surface area contributed by atoms with Crippen LogP contribution in [0.3, 0.4) is 0 Å². The summed E-state index contributed by atoms with van der Waals surface area (Å²) in [6.07, 6.45) is 4.03. The highest BCUT2D eigenvalue weighted by Crippen LogP contribution is 2.31. The number of nitrogens with one attached hydrogen (secondary N) is 2. The maximum Gasteiger partial charge on any atom is 0.191 e. The van der Waals surface area contributed by atoms with Crippen molar-refractivity contribution < 1.29 is 4.52 Å². The molecule has 0 atom stereocenters. The predicted octanol–water partition coefficient (Wildman–Crippen LogP) is 2.65. The van der Waals surface area contributed by atoms with Crippen molar-refractivity contribution in [2.24, 2.45) is 10.9 Å². The van der Waals surface area contributed by atoms with Crippen LogP contribution in [-0.4, -0.2) is 24.2 Å². The van der Waals surface area contributed by atoms with Gasteiger partial charge in [0.1, 0.15) is 6.54 Å². The van der Waals surface area contributed by atoms with Crippen molar-refractivity contribution in [3.63, 3.8) is 0 Å². The molecule has 1 heterocycles. The summed E-state index contributed by atoms with van der Waals surface area (Å²) in [5.74, 6) is 3.00. The van der Waals surface area contributed by atoms with Crippen LogP contribution in [0.5, 0.6) is 0 Å². The maximum atomic E-state index is 5.29. The highest BCUT2D eigenvalue weighted by molar-refractivity contribution is 5.79. The summed E-state index contributed by atoms with van der Waals surface area (Å²) in [7, 11) is 0. The van der Waals surface area contributed by atoms with Gasteiger partial charge in [-0.15, -0.1) is 0 Å². The Bertz CT molecular complexity index is 435. The molecule has 1 aliphatic carbocycles. The highest BCUT2D eigenvalue weighted by Gasteiger charge is 2.20. The number of guanidine groups is 1. The van der Waals surface area contributed by atoms with E-state index in [1.54, 1.807) is 0 Å². The maximum absolute atomic E-state index is 5.29. The van der Waals surface area contributed by atoms with Gasteiger partial charge in [0.15, 0.2) is 11.7 Å². The minimum absolute atomic E-state index is 0.390. The molecule has 1 aromatic rings. The van der Waals surface area contributed by atoms with Crippen LogP contribution in [0, 0.1) is 5.92 Å². The zero-order valence-electron chi connectivity index (χ0n) is 12.8. The van der Waals surface area contributed by atoms with Gasteiger partial charge < -0.3 is 15.2 Å². The molecule has 0 unspecified atom stereocenters. The average Bonchev–Trinajstić information content (AvgIpc) is 3.11. The molecule has 0 amide bonds. The fourth-order valence-electron chi connectivity index (χ4n) is 1.98. The zero-order valence-corrected chi connectivity index (χ0v) is 12.8. The summed E-state index contributed by atoms with van der Waals surface area (Å²) in [6.45, 7) is 8.66. The Morgan fingerprint density at radius 1 is 1.45 bits per heavy atom. The molecule has 2 N–H and O–H groups in total. The fourth-order valence-corrected chi connectivity index (χ4v) is 1.98. The van der Waals surface area contributed by atoms with Gasteiger partial charge in [0, 0.05) is 19.2 Å². The Hall–Kier alpha value is -1.52. The Balaban J connectivity index is 1.82. The van der Waals surface area contributed by atoms with Crippen LogP contribution in [0.4, 0.5) is 0 Å². The summed E-state index contributed by atoms with van der Waals surface area (Å²) in [5.41, 5.74) is 0.988. The third kappa shape index (κ3) is 4.87. The molecule has 5 nitrogen and oxygen atoms in total. The number of hydrogen-bond acceptors (Lipinski definition) is 3. The second-order valence-electron chi connectivity index (χ2n) is 5.73. The largest absolute Gasteiger partial charge is 0.359 e. The molecule has 112 valence electrons. The van der Waals surface area contributed by atoms with Crippen molar-refractivity contribution in [2.45, 2.75) is 52.5 Å². The molecule has 20 heavy (non-hydrogen) atoms. The lowest BCUT2D eigenvalue weighted by Gasteiger charge is -2.10. The molecule has 1 aliphatic rings. The number of aliphatic imine (C=N–C) groups is 1. The van der Waals surface area contributed by atoms with Gasteiger partial charge in [-0.25, -0.2) is 4.99 Å². The molecule has 0 saturated heterocycles. The van der Waals surface area contributed by atoms with E-state index in [1.807, 2.05) is 6.07 Å². The van der Waals surface area contributed by atoms with Gasteiger partial charge in [-0.2, -0.15) is 0 Å². The monoisotopic (exact) mass is 278 g/mol. The first-order chi connectivity index (χ1) is 9.69. The van der Waals surface area contributed by atoms with Crippen LogP contribution in [0.2, 0.25) is 0 Å². The zero-order chi connectivity index (χ0) is 14.4. The summed E-state index contributed by atoms with van der Waals surface area (Å²) in [4.78, 5) is 4.53. The number of hydrogen-bond donors (Lipinski definition) is 2. The molecule has 1 aromatic heterocycles. The third-order valence-corrected chi connectivity index (χ3v) is 3.45. The van der Waals surface area contributed by atoms with Crippen molar-refractivity contribution in [2.75, 3.05) is 13.1 Å². The first-order valence-corrected chi connectivity index (χ1v) is 7.66. The fraction of sp³-hybridized carbons (Fsp3) is 0.733. The van der Waals surface area contributed by atoms with E-state index in [9.17, 15) is 0 Å². The van der Waals surface area contributed by atoms with E-state index in [2.05, 4.69) is 41.6 Å². The Labute approximate surface area is 121 Å². The predicted molar refractivity (Wildman–Crippen MR) is 80.8 cm³/mol. The van der Waals surface area contributed by atoms with Crippen LogP contribution in [0.15, 0.2) is 15.6 Å². The van der Waals surface area contributed by atoms with Crippen molar-refractivity contribution in [3.8, 4) is 0 Å². The molecule has 0 aliphatic heterocycles. The molecule has 1 saturated carbocycles. The normalized spacial score (nSPS) is 15.7. The molecule has 0 radical (unpaired) electrons. The first kappa shape index (κ1) is 14.9. The molecular formula is C15H26N4O. The lowest BCUT2D eigenvalue weighted by atomic mass is 10.1. The van der Waals surface area contributed by atoms with Gasteiger partial charge in [-0.05, 0) is 25.2 Å². The Morgan fingerprint density at radius 3 is 2.85 bits per heavy atom. The minimum atomic E-state index is 0.390. The SMILES string of the molecule is CCNC(=NCc1cc(C(C)C)no1)NCCC1CC1. The van der Waals surface area contributed by atoms with E-state index in [0.717, 1.165) is 36.4 Å². The molecule has 0 spiro atoms. The van der Waals surface area contributed by atoms with Crippen LogP contribution < -0.4 is 10.6 Å². The van der Waals surface area contributed by atoms with Gasteiger partial charge in [0.2, 0.25) is 0 Å². The van der Waals surface area contributed by atoms with Crippen LogP contribution in [-0.2, 0) is 6.54 Å². The van der Waals surface area contributed by atoms with Gasteiger partial charge in [0.05, 0.1) is 5.69 Å². The standard InChI is InChI=1S/C15H26N4O/c1-4-16-15(17-8-7-12-5-6-12)18-10-13-9-14(11(2)3)19-20-13/h9,11-12H,4-8,10H2,1-3H3,(H2,16,17,18). The van der Waals surface area contributed by atoms with Crippen molar-refractivity contribution in [1.82, 2.24) is 15.8 Å². The van der Waals surface area contributed by atoms with Crippen molar-refractivity contribution in [3.05, 3.63) is 17.5 Å². The third-order valence-electron chi connectivity index (χ3n) is 3.45. The Kier molecular flexibility index (Phi) is 5.44. The summed E-state index contributed by atoms with van der Waals surface area (Å²) >= 11 is 0. The van der Waals surface area contributed by atoms with Crippen molar-refractivity contribution >= 4 is 5.96 Å². The van der Waals surface area contributed by atoms with Crippen molar-refractivity contribution in [1.29, 1.82) is 0 Å². The number of rotatable bonds is 7. The molecular weight excluding hydrogens is 252 g/mol. The number of nitrogens with zero attached hydrogens (tertiary/aromatic N) is 2. The molecule has 0 bridgehead atoms. The molecule has 5 heteroatoms. The lowest BCUT2D eigenvalue weighted by molar-refractivity contribution is 0.376. The summed E-state index contributed by atoms with van der Waals surface area (Å²) in [5, 5.41) is 10.7. The van der Waals surface area contributed by atoms with Crippen LogP contribution in [0.1, 0.15) is 57.4 Å². The lowest BCUT2D eigenvalue weighted by Crippen LogP contribution is -2.37. The second kappa shape index (κ2) is 7.31. The summed E-state index contributed by atoms with van der Waals surface area (Å²) < 4.78 is 5.29. The molecule has 1 fully saturated rings. The highest BCUT2D eigenvalue weighted by atomic mass is 16.5. The van der Waals surface area contributed by atoms with Gasteiger partial charge in [0.25, 0.3) is 0 Å². The van der Waals surface area contributed by atoms with E-state index in [-0.39, 0.29) is 0 Å². The number of aromatic nitrogens is 1. The first-order valence-electron chi connectivity index (χ1n) is 7.66. The minimum Gasteiger partial charge on any atom is -0.359 e. The molecule has 0 aromatic carbocycles. The van der Waals surface area contributed by atoms with E-state index < -0.39 is 0 Å². The quantitative estimate of drug-likeness (QED) is 0.594. The smallest absolute Gasteiger partial charge is 0.191 e. The summed E-state index contributed by atoms with van der Waals surface area (Å²) in [6, 6.07) is 1.99. The second-order valence-corrected chi connectivity index (χ2v) is 5.73. The topological polar surface area (TPSA) is 62.5 Å². The average molecular weight is 278 g/mol. The van der Waals surface area contributed by atoms with E-state index >= 15 is 0 Å². The van der Waals surface area contributed by atoms with E-state index in [4.69, 9.17) is 4.52 Å². The van der Waals surface area contributed by atoms with Crippen LogP contribution >= 0.6 is 0 Å². The van der Waals surface area contributed by atoms with Gasteiger partial charge >= 0.3 is 0 Å². The molecule has 2 rings (SSSR count). The van der Waals surface area contributed by atoms with Gasteiger partial charge in [-0.1, -0.05) is 31.8 Å². The van der Waals surface area contributed by atoms with E-state index in [1.165, 1.54) is 19.3 Å². The van der Waals surface area contributed by atoms with Gasteiger partial charge in [-0.3, -0.25) is 0 Å². The van der Waals surface area contributed by atoms with E-state index in [0.29, 0.717) is 12.5 Å². The Morgan fingerprint density at radius 2 is 2.25 bits per heavy atom. The van der Waals surface area contributed by atoms with Crippen LogP contribution in [0.25, 0.3) is 0 Å².